The van der Waals surface area contributed by atoms with Crippen LogP contribution in [0.5, 0.6) is 11.5 Å². The molecule has 3 rings (SSSR count). The van der Waals surface area contributed by atoms with Gasteiger partial charge in [0.15, 0.2) is 11.5 Å². The summed E-state index contributed by atoms with van der Waals surface area (Å²) < 4.78 is 41.1. The van der Waals surface area contributed by atoms with E-state index < -0.39 is 31.5 Å². The Morgan fingerprint density at radius 2 is 2.00 bits per heavy atom. The molecule has 3 aromatic rings. The molecule has 11 nitrogen and oxygen atoms in total. The van der Waals surface area contributed by atoms with E-state index in [1.54, 1.807) is 19.1 Å². The minimum atomic E-state index is -4.42. The average molecular weight is 497 g/mol. The van der Waals surface area contributed by atoms with E-state index in [0.717, 1.165) is 12.1 Å². The predicted molar refractivity (Wildman–Crippen MR) is 123 cm³/mol. The lowest BCUT2D eigenvalue weighted by atomic mass is 10.1. The van der Waals surface area contributed by atoms with Crippen LogP contribution >= 0.6 is 0 Å². The van der Waals surface area contributed by atoms with E-state index in [9.17, 15) is 28.6 Å². The molecule has 1 amide bonds. The lowest BCUT2D eigenvalue weighted by Gasteiger charge is -2.13. The van der Waals surface area contributed by atoms with Gasteiger partial charge in [-0.15, -0.1) is 0 Å². The maximum Gasteiger partial charge on any atom is 0.339 e. The van der Waals surface area contributed by atoms with E-state index in [-0.39, 0.29) is 30.2 Å². The van der Waals surface area contributed by atoms with Gasteiger partial charge in [0.25, 0.3) is 11.6 Å². The van der Waals surface area contributed by atoms with Gasteiger partial charge in [0.2, 0.25) is 0 Å². The first-order chi connectivity index (χ1) is 16.7. The van der Waals surface area contributed by atoms with Crippen molar-refractivity contribution in [3.05, 3.63) is 87.9 Å². The minimum absolute atomic E-state index is 0.0311. The van der Waals surface area contributed by atoms with Crippen molar-refractivity contribution in [2.24, 2.45) is 0 Å². The van der Waals surface area contributed by atoms with Gasteiger partial charge in [0, 0.05) is 12.1 Å². The first-order valence-corrected chi connectivity index (χ1v) is 11.5. The second-order valence-corrected chi connectivity index (χ2v) is 8.41. The van der Waals surface area contributed by atoms with Gasteiger partial charge in [0.1, 0.15) is 22.3 Å². The van der Waals surface area contributed by atoms with Crippen molar-refractivity contribution < 1.29 is 31.5 Å². The van der Waals surface area contributed by atoms with Gasteiger partial charge < -0.3 is 18.7 Å². The van der Waals surface area contributed by atoms with E-state index in [1.807, 2.05) is 6.07 Å². The van der Waals surface area contributed by atoms with Crippen molar-refractivity contribution in [2.45, 2.75) is 18.4 Å². The number of nitro groups is 1. The molecule has 0 saturated heterocycles. The zero-order valence-corrected chi connectivity index (χ0v) is 19.2. The number of hydrogen-bond donors (Lipinski definition) is 1. The zero-order chi connectivity index (χ0) is 25.4. The van der Waals surface area contributed by atoms with Gasteiger partial charge >= 0.3 is 10.1 Å². The number of carbonyl (C=O) groups is 1. The Kier molecular flexibility index (Phi) is 7.85. The maximum absolute atomic E-state index is 12.7. The van der Waals surface area contributed by atoms with Crippen LogP contribution in [0.15, 0.2) is 75.7 Å². The molecule has 0 aliphatic rings. The molecule has 1 N–H and O–H groups in total. The number of amides is 1. The number of nitrogens with zero attached hydrogens (tertiary/aromatic N) is 2. The largest absolute Gasteiger partial charge is 0.490 e. The highest BCUT2D eigenvalue weighted by Crippen LogP contribution is 2.32. The SMILES string of the molecule is CCOc1cc(/C=C(\C#N)C(=O)NCc2ccco2)ccc1OS(=O)(=O)c1cccc([N+](=O)[O-])c1. The maximum atomic E-state index is 12.7. The molecule has 0 spiro atoms. The summed E-state index contributed by atoms with van der Waals surface area (Å²) in [5, 5.41) is 22.9. The quantitative estimate of drug-likeness (QED) is 0.145. The third kappa shape index (κ3) is 6.46. The fourth-order valence-corrected chi connectivity index (χ4v) is 3.84. The molecule has 0 aliphatic heterocycles. The molecular weight excluding hydrogens is 478 g/mol. The Balaban J connectivity index is 1.85. The average Bonchev–Trinajstić information content (AvgIpc) is 3.36. The number of furan rings is 1. The van der Waals surface area contributed by atoms with Gasteiger partial charge in [-0.2, -0.15) is 13.7 Å². The number of nitro benzene ring substituents is 1. The number of nitrogens with one attached hydrogen (secondary N) is 1. The number of non-ortho nitro benzene ring substituents is 1. The van der Waals surface area contributed by atoms with Crippen LogP contribution in [0.1, 0.15) is 18.2 Å². The van der Waals surface area contributed by atoms with Crippen LogP contribution in [0.4, 0.5) is 5.69 Å². The number of benzene rings is 2. The van der Waals surface area contributed by atoms with Crippen molar-refractivity contribution in [3.63, 3.8) is 0 Å². The molecule has 0 saturated carbocycles. The predicted octanol–water partition coefficient (Wildman–Crippen LogP) is 3.58. The molecule has 180 valence electrons. The van der Waals surface area contributed by atoms with Crippen LogP contribution in [0, 0.1) is 21.4 Å². The molecule has 0 unspecified atom stereocenters. The summed E-state index contributed by atoms with van der Waals surface area (Å²) in [4.78, 5) is 22.2. The Bertz CT molecular complexity index is 1410. The van der Waals surface area contributed by atoms with Gasteiger partial charge in [-0.25, -0.2) is 0 Å². The highest BCUT2D eigenvalue weighted by molar-refractivity contribution is 7.87. The fourth-order valence-electron chi connectivity index (χ4n) is 2.86. The Morgan fingerprint density at radius 1 is 1.20 bits per heavy atom. The third-order valence-corrected chi connectivity index (χ3v) is 5.69. The zero-order valence-electron chi connectivity index (χ0n) is 18.3. The van der Waals surface area contributed by atoms with E-state index in [4.69, 9.17) is 13.3 Å². The lowest BCUT2D eigenvalue weighted by molar-refractivity contribution is -0.385. The highest BCUT2D eigenvalue weighted by Gasteiger charge is 2.22. The molecule has 2 aromatic carbocycles. The van der Waals surface area contributed by atoms with Gasteiger partial charge in [-0.1, -0.05) is 12.1 Å². The molecule has 0 fully saturated rings. The second-order valence-electron chi connectivity index (χ2n) is 6.86. The number of carbonyl (C=O) groups excluding carboxylic acids is 1. The fraction of sp³-hybridized carbons (Fsp3) is 0.130. The van der Waals surface area contributed by atoms with E-state index in [1.165, 1.54) is 42.7 Å². The van der Waals surface area contributed by atoms with Crippen molar-refractivity contribution in [3.8, 4) is 17.6 Å². The van der Waals surface area contributed by atoms with Crippen molar-refractivity contribution >= 4 is 27.8 Å². The lowest BCUT2D eigenvalue weighted by Crippen LogP contribution is -2.23. The minimum Gasteiger partial charge on any atom is -0.490 e. The van der Waals surface area contributed by atoms with Gasteiger partial charge in [-0.3, -0.25) is 14.9 Å². The normalized spacial score (nSPS) is 11.4. The highest BCUT2D eigenvalue weighted by atomic mass is 32.2. The van der Waals surface area contributed by atoms with Crippen molar-refractivity contribution in [1.29, 1.82) is 5.26 Å². The van der Waals surface area contributed by atoms with E-state index >= 15 is 0 Å². The smallest absolute Gasteiger partial charge is 0.339 e. The summed E-state index contributed by atoms with van der Waals surface area (Å²) in [6, 6.07) is 13.7. The third-order valence-electron chi connectivity index (χ3n) is 4.46. The molecule has 0 bridgehead atoms. The topological polar surface area (TPSA) is 162 Å². The number of ether oxygens (including phenoxy) is 1. The monoisotopic (exact) mass is 497 g/mol. The number of nitriles is 1. The van der Waals surface area contributed by atoms with Crippen LogP contribution in [-0.4, -0.2) is 25.9 Å². The summed E-state index contributed by atoms with van der Waals surface area (Å²) in [7, 11) is -4.42. The standard InChI is InChI=1S/C23H19N3O8S/c1-2-32-22-12-16(11-17(14-24)23(27)25-15-19-6-4-10-33-19)8-9-21(22)34-35(30,31)20-7-3-5-18(13-20)26(28)29/h3-13H,2,15H2,1H3,(H,25,27)/b17-11+. The molecular formula is C23H19N3O8S. The van der Waals surface area contributed by atoms with Crippen molar-refractivity contribution in [2.75, 3.05) is 6.61 Å². The van der Waals surface area contributed by atoms with Crippen LogP contribution < -0.4 is 14.2 Å². The summed E-state index contributed by atoms with van der Waals surface area (Å²) in [5.41, 5.74) is -0.232. The van der Waals surface area contributed by atoms with Gasteiger partial charge in [0.05, 0.1) is 24.3 Å². The van der Waals surface area contributed by atoms with E-state index in [0.29, 0.717) is 11.3 Å². The molecule has 1 heterocycles. The number of rotatable bonds is 10. The Hall–Kier alpha value is -4.63. The molecule has 12 heteroatoms. The van der Waals surface area contributed by atoms with Crippen LogP contribution in [0.3, 0.4) is 0 Å². The van der Waals surface area contributed by atoms with Crippen LogP contribution in [0.25, 0.3) is 6.08 Å². The summed E-state index contributed by atoms with van der Waals surface area (Å²) in [6.07, 6.45) is 2.76. The van der Waals surface area contributed by atoms with Crippen LogP contribution in [0.2, 0.25) is 0 Å². The molecule has 35 heavy (non-hydrogen) atoms. The second kappa shape index (κ2) is 11.0. The Labute approximate surface area is 200 Å². The van der Waals surface area contributed by atoms with E-state index in [2.05, 4.69) is 5.32 Å². The molecule has 0 atom stereocenters. The molecule has 0 aliphatic carbocycles. The number of hydrogen-bond acceptors (Lipinski definition) is 9. The summed E-state index contributed by atoms with van der Waals surface area (Å²) in [5.74, 6) is -0.254. The molecule has 0 radical (unpaired) electrons. The molecule has 1 aromatic heterocycles. The summed E-state index contributed by atoms with van der Waals surface area (Å²) >= 11 is 0. The van der Waals surface area contributed by atoms with Crippen molar-refractivity contribution in [1.82, 2.24) is 5.32 Å². The first kappa shape index (κ1) is 25.0. The summed E-state index contributed by atoms with van der Waals surface area (Å²) in [6.45, 7) is 1.93. The van der Waals surface area contributed by atoms with Gasteiger partial charge in [-0.05, 0) is 48.9 Å². The Morgan fingerprint density at radius 3 is 2.66 bits per heavy atom. The first-order valence-electron chi connectivity index (χ1n) is 10.1. The van der Waals surface area contributed by atoms with Crippen LogP contribution in [-0.2, 0) is 21.5 Å².